The molecule has 1 heterocycles. The van der Waals surface area contributed by atoms with Gasteiger partial charge in [0, 0.05) is 24.9 Å². The summed E-state index contributed by atoms with van der Waals surface area (Å²) < 4.78 is 6.27. The number of Topliss-reactive ketones (excluding diaryl/α,β-unsaturated/α-hetero) is 1. The number of fused-ring (bicyclic) bond motifs is 6. The second-order valence-corrected chi connectivity index (χ2v) is 13.7. The minimum atomic E-state index is -0.344. The maximum Gasteiger partial charge on any atom is 0.320 e. The van der Waals surface area contributed by atoms with E-state index in [9.17, 15) is 9.59 Å². The first-order chi connectivity index (χ1) is 17.8. The number of benzene rings is 2. The Kier molecular flexibility index (Phi) is 5.42. The summed E-state index contributed by atoms with van der Waals surface area (Å²) in [5, 5.41) is 2.54. The van der Waals surface area contributed by atoms with Crippen LogP contribution in [0.25, 0.3) is 10.8 Å². The third kappa shape index (κ3) is 3.65. The van der Waals surface area contributed by atoms with Crippen molar-refractivity contribution >= 4 is 22.5 Å². The molecule has 4 heteroatoms. The molecule has 4 aliphatic carbocycles. The molecule has 0 radical (unpaired) electrons. The molecule has 0 unspecified atom stereocenters. The van der Waals surface area contributed by atoms with Crippen molar-refractivity contribution in [2.24, 2.45) is 34.5 Å². The number of hydrogen-bond donors (Lipinski definition) is 0. The van der Waals surface area contributed by atoms with Crippen molar-refractivity contribution in [3.05, 3.63) is 48.0 Å². The number of esters is 1. The van der Waals surface area contributed by atoms with Gasteiger partial charge in [-0.1, -0.05) is 56.3 Å². The van der Waals surface area contributed by atoms with Crippen molar-refractivity contribution in [3.8, 4) is 0 Å². The molecule has 5 aliphatic rings. The van der Waals surface area contributed by atoms with Crippen molar-refractivity contribution in [2.75, 3.05) is 13.1 Å². The van der Waals surface area contributed by atoms with E-state index in [-0.39, 0.29) is 17.0 Å². The second kappa shape index (κ2) is 8.40. The summed E-state index contributed by atoms with van der Waals surface area (Å²) >= 11 is 0. The highest BCUT2D eigenvalue weighted by Crippen LogP contribution is 2.66. The number of carbonyl (C=O) groups is 2. The first kappa shape index (κ1) is 23.9. The van der Waals surface area contributed by atoms with E-state index in [0.29, 0.717) is 35.5 Å². The van der Waals surface area contributed by atoms with Gasteiger partial charge in [0.2, 0.25) is 0 Å². The van der Waals surface area contributed by atoms with Gasteiger partial charge in [0.05, 0.1) is 6.54 Å². The normalized spacial score (nSPS) is 41.8. The number of ketones is 1. The minimum absolute atomic E-state index is 0.0540. The third-order valence-corrected chi connectivity index (χ3v) is 12.0. The standard InChI is InChI=1S/C33H41NO3/c1-31-16-17-33(18-24(31)10-11-26-27-12-13-29(35)32(27,2)15-14-28(26)31)21-34(20-30(36)37-33)19-23-8-5-7-22-6-3-4-9-25(22)23/h3-9,24,26-28H,10-21H2,1-2H3/t24-,26-,27-,28-,31-,32-,33+/m0/s1. The molecule has 37 heavy (non-hydrogen) atoms. The Labute approximate surface area is 221 Å². The Hall–Kier alpha value is -2.20. The molecule has 1 aliphatic heterocycles. The van der Waals surface area contributed by atoms with Crippen molar-refractivity contribution < 1.29 is 14.3 Å². The molecular weight excluding hydrogens is 458 g/mol. The van der Waals surface area contributed by atoms with Gasteiger partial charge in [-0.15, -0.1) is 0 Å². The first-order valence-electron chi connectivity index (χ1n) is 14.7. The predicted octanol–water partition coefficient (Wildman–Crippen LogP) is 6.55. The highest BCUT2D eigenvalue weighted by molar-refractivity contribution is 5.87. The molecule has 2 aromatic carbocycles. The molecule has 4 saturated carbocycles. The van der Waals surface area contributed by atoms with E-state index in [0.717, 1.165) is 57.5 Å². The number of morpholine rings is 1. The lowest BCUT2D eigenvalue weighted by Gasteiger charge is -2.62. The topological polar surface area (TPSA) is 46.6 Å². The quantitative estimate of drug-likeness (QED) is 0.440. The minimum Gasteiger partial charge on any atom is -0.457 e. The predicted molar refractivity (Wildman–Crippen MR) is 145 cm³/mol. The van der Waals surface area contributed by atoms with Crippen LogP contribution in [0.1, 0.15) is 77.2 Å². The van der Waals surface area contributed by atoms with E-state index in [2.05, 4.69) is 61.2 Å². The Morgan fingerprint density at radius 3 is 2.65 bits per heavy atom. The molecule has 7 rings (SSSR count). The van der Waals surface area contributed by atoms with Gasteiger partial charge in [0.25, 0.3) is 0 Å². The van der Waals surface area contributed by atoms with Crippen LogP contribution in [-0.2, 0) is 20.9 Å². The van der Waals surface area contributed by atoms with E-state index >= 15 is 0 Å². The van der Waals surface area contributed by atoms with Gasteiger partial charge in [-0.2, -0.15) is 0 Å². The summed E-state index contributed by atoms with van der Waals surface area (Å²) in [7, 11) is 0. The molecule has 0 N–H and O–H groups in total. The van der Waals surface area contributed by atoms with E-state index in [1.807, 2.05) is 0 Å². The Balaban J connectivity index is 1.11. The van der Waals surface area contributed by atoms with Crippen LogP contribution in [0, 0.1) is 34.5 Å². The van der Waals surface area contributed by atoms with Crippen LogP contribution in [0.2, 0.25) is 0 Å². The van der Waals surface area contributed by atoms with Crippen LogP contribution < -0.4 is 0 Å². The summed E-state index contributed by atoms with van der Waals surface area (Å²) in [4.78, 5) is 28.1. The highest BCUT2D eigenvalue weighted by atomic mass is 16.6. The van der Waals surface area contributed by atoms with Gasteiger partial charge in [0.1, 0.15) is 11.4 Å². The molecule has 196 valence electrons. The van der Waals surface area contributed by atoms with Gasteiger partial charge < -0.3 is 4.74 Å². The Morgan fingerprint density at radius 1 is 0.919 bits per heavy atom. The average Bonchev–Trinajstić information content (AvgIpc) is 3.19. The lowest BCUT2D eigenvalue weighted by Crippen LogP contribution is -2.61. The monoisotopic (exact) mass is 499 g/mol. The molecular formula is C33H41NO3. The molecule has 0 bridgehead atoms. The van der Waals surface area contributed by atoms with Crippen LogP contribution >= 0.6 is 0 Å². The number of rotatable bonds is 2. The van der Waals surface area contributed by atoms with E-state index in [1.165, 1.54) is 35.6 Å². The van der Waals surface area contributed by atoms with Crippen LogP contribution in [0.15, 0.2) is 42.5 Å². The molecule has 2 aromatic rings. The second-order valence-electron chi connectivity index (χ2n) is 13.7. The van der Waals surface area contributed by atoms with Crippen LogP contribution in [0.4, 0.5) is 0 Å². The zero-order valence-corrected chi connectivity index (χ0v) is 22.5. The van der Waals surface area contributed by atoms with E-state index in [4.69, 9.17) is 4.74 Å². The average molecular weight is 500 g/mol. The van der Waals surface area contributed by atoms with Gasteiger partial charge in [-0.25, -0.2) is 0 Å². The highest BCUT2D eigenvalue weighted by Gasteiger charge is 2.62. The van der Waals surface area contributed by atoms with E-state index in [1.54, 1.807) is 0 Å². The summed E-state index contributed by atoms with van der Waals surface area (Å²) in [5.74, 6) is 3.11. The van der Waals surface area contributed by atoms with Crippen LogP contribution in [0.3, 0.4) is 0 Å². The fourth-order valence-electron chi connectivity index (χ4n) is 10.1. The Morgan fingerprint density at radius 2 is 1.76 bits per heavy atom. The Bertz CT molecular complexity index is 1250. The lowest BCUT2D eigenvalue weighted by molar-refractivity contribution is -0.200. The van der Waals surface area contributed by atoms with Gasteiger partial charge >= 0.3 is 5.97 Å². The van der Waals surface area contributed by atoms with Crippen molar-refractivity contribution in [3.63, 3.8) is 0 Å². The third-order valence-electron chi connectivity index (χ3n) is 12.0. The van der Waals surface area contributed by atoms with Crippen molar-refractivity contribution in [2.45, 2.75) is 83.8 Å². The molecule has 7 atom stereocenters. The summed E-state index contributed by atoms with van der Waals surface area (Å²) in [5.41, 5.74) is 1.20. The molecule has 1 saturated heterocycles. The number of nitrogens with zero attached hydrogens (tertiary/aromatic N) is 1. The summed E-state index contributed by atoms with van der Waals surface area (Å²) in [6, 6.07) is 15.1. The summed E-state index contributed by atoms with van der Waals surface area (Å²) in [6.07, 6.45) is 9.80. The molecule has 0 amide bonds. The van der Waals surface area contributed by atoms with Gasteiger partial charge in [0.15, 0.2) is 0 Å². The molecule has 5 fully saturated rings. The zero-order chi connectivity index (χ0) is 25.4. The van der Waals surface area contributed by atoms with Gasteiger partial charge in [-0.3, -0.25) is 14.5 Å². The summed E-state index contributed by atoms with van der Waals surface area (Å²) in [6.45, 7) is 6.85. The van der Waals surface area contributed by atoms with E-state index < -0.39 is 0 Å². The molecule has 4 nitrogen and oxygen atoms in total. The SMILES string of the molecule is C[C@]12CC[C@@]3(C[C@@H]1CC[C@@H]1[C@@H]2CC[C@]2(C)C(=O)CC[C@@H]12)CN(Cc1cccc2ccccc12)CC(=O)O3. The van der Waals surface area contributed by atoms with Crippen LogP contribution in [0.5, 0.6) is 0 Å². The van der Waals surface area contributed by atoms with Crippen LogP contribution in [-0.4, -0.2) is 35.3 Å². The van der Waals surface area contributed by atoms with Gasteiger partial charge in [-0.05, 0) is 96.8 Å². The van der Waals surface area contributed by atoms with Crippen molar-refractivity contribution in [1.29, 1.82) is 0 Å². The number of ether oxygens (including phenoxy) is 1. The lowest BCUT2D eigenvalue weighted by atomic mass is 9.44. The maximum atomic E-state index is 13.0. The fourth-order valence-corrected chi connectivity index (χ4v) is 10.1. The molecule has 0 aromatic heterocycles. The largest absolute Gasteiger partial charge is 0.457 e. The first-order valence-corrected chi connectivity index (χ1v) is 14.7. The smallest absolute Gasteiger partial charge is 0.320 e. The van der Waals surface area contributed by atoms with Crippen molar-refractivity contribution in [1.82, 2.24) is 4.90 Å². The molecule has 1 spiro atoms. The zero-order valence-electron chi connectivity index (χ0n) is 22.5. The number of hydrogen-bond acceptors (Lipinski definition) is 4. The number of carbonyl (C=O) groups excluding carboxylic acids is 2. The maximum absolute atomic E-state index is 13.0. The fraction of sp³-hybridized carbons (Fsp3) is 0.636.